The molecule has 0 saturated carbocycles. The summed E-state index contributed by atoms with van der Waals surface area (Å²) >= 11 is 0. The molecule has 1 aliphatic rings. The zero-order chi connectivity index (χ0) is 19.1. The first kappa shape index (κ1) is 18.9. The van der Waals surface area contributed by atoms with Gasteiger partial charge in [-0.2, -0.15) is 0 Å². The number of amides is 1. The number of piperidine rings is 1. The number of aldehydes is 1. The van der Waals surface area contributed by atoms with E-state index in [-0.39, 0.29) is 17.6 Å². The lowest BCUT2D eigenvalue weighted by Crippen LogP contribution is -2.41. The highest BCUT2D eigenvalue weighted by molar-refractivity contribution is 5.79. The van der Waals surface area contributed by atoms with Crippen molar-refractivity contribution in [3.05, 3.63) is 59.9 Å². The van der Waals surface area contributed by atoms with Crippen molar-refractivity contribution in [1.29, 1.82) is 0 Å². The molecule has 0 aromatic heterocycles. The monoisotopic (exact) mass is 370 g/mol. The predicted molar refractivity (Wildman–Crippen MR) is 102 cm³/mol. The van der Waals surface area contributed by atoms with E-state index in [2.05, 4.69) is 10.2 Å². The Bertz CT molecular complexity index is 754. The van der Waals surface area contributed by atoms with Gasteiger partial charge in [0.15, 0.2) is 0 Å². The Morgan fingerprint density at radius 1 is 1.11 bits per heavy atom. The molecule has 3 rings (SSSR count). The highest BCUT2D eigenvalue weighted by Crippen LogP contribution is 2.23. The van der Waals surface area contributed by atoms with Crippen LogP contribution in [-0.2, 0) is 4.79 Å². The van der Waals surface area contributed by atoms with Crippen molar-refractivity contribution in [3.63, 3.8) is 0 Å². The molecule has 2 aromatic rings. The third-order valence-corrected chi connectivity index (χ3v) is 4.74. The number of hydrogen-bond acceptors (Lipinski definition) is 4. The standard InChI is InChI=1S/C21H23FN2O3/c22-18-3-7-20(8-4-18)27-14-11-23-21(26)17-9-12-24(13-10-17)19-5-1-16(15-25)2-6-19/h1-8,15,17H,9-14H2,(H,23,26). The Hall–Kier alpha value is -2.89. The van der Waals surface area contributed by atoms with Crippen molar-refractivity contribution in [2.24, 2.45) is 5.92 Å². The van der Waals surface area contributed by atoms with Gasteiger partial charge in [-0.3, -0.25) is 9.59 Å². The molecule has 1 fully saturated rings. The molecule has 0 atom stereocenters. The second-order valence-corrected chi connectivity index (χ2v) is 6.56. The Kier molecular flexibility index (Phi) is 6.41. The van der Waals surface area contributed by atoms with E-state index in [1.807, 2.05) is 24.3 Å². The van der Waals surface area contributed by atoms with E-state index in [4.69, 9.17) is 4.74 Å². The lowest BCUT2D eigenvalue weighted by Gasteiger charge is -2.33. The molecule has 1 aliphatic heterocycles. The maximum Gasteiger partial charge on any atom is 0.223 e. The van der Waals surface area contributed by atoms with Crippen molar-refractivity contribution >= 4 is 17.9 Å². The fraction of sp³-hybridized carbons (Fsp3) is 0.333. The number of halogens is 1. The van der Waals surface area contributed by atoms with Gasteiger partial charge in [-0.25, -0.2) is 4.39 Å². The zero-order valence-corrected chi connectivity index (χ0v) is 15.1. The van der Waals surface area contributed by atoms with Crippen molar-refractivity contribution < 1.29 is 18.7 Å². The van der Waals surface area contributed by atoms with E-state index in [9.17, 15) is 14.0 Å². The highest BCUT2D eigenvalue weighted by atomic mass is 19.1. The molecule has 1 saturated heterocycles. The van der Waals surface area contributed by atoms with E-state index in [1.165, 1.54) is 12.1 Å². The van der Waals surface area contributed by atoms with Crippen LogP contribution in [0.2, 0.25) is 0 Å². The molecule has 0 radical (unpaired) electrons. The van der Waals surface area contributed by atoms with Crippen LogP contribution in [0.25, 0.3) is 0 Å². The van der Waals surface area contributed by atoms with E-state index in [0.717, 1.165) is 37.9 Å². The maximum absolute atomic E-state index is 12.8. The van der Waals surface area contributed by atoms with Gasteiger partial charge in [-0.05, 0) is 61.4 Å². The SMILES string of the molecule is O=Cc1ccc(N2CCC(C(=O)NCCOc3ccc(F)cc3)CC2)cc1. The molecule has 0 spiro atoms. The molecule has 142 valence electrons. The molecule has 2 aromatic carbocycles. The molecular formula is C21H23FN2O3. The minimum atomic E-state index is -0.304. The van der Waals surface area contributed by atoms with Crippen LogP contribution in [0.5, 0.6) is 5.75 Å². The number of ether oxygens (including phenoxy) is 1. The van der Waals surface area contributed by atoms with Crippen LogP contribution >= 0.6 is 0 Å². The first-order chi connectivity index (χ1) is 13.2. The number of carbonyl (C=O) groups is 2. The topological polar surface area (TPSA) is 58.6 Å². The van der Waals surface area contributed by atoms with Crippen LogP contribution in [0.4, 0.5) is 10.1 Å². The lowest BCUT2D eigenvalue weighted by atomic mass is 9.95. The molecule has 1 amide bonds. The molecule has 0 aliphatic carbocycles. The van der Waals surface area contributed by atoms with E-state index in [1.54, 1.807) is 12.1 Å². The fourth-order valence-corrected chi connectivity index (χ4v) is 3.18. The molecule has 27 heavy (non-hydrogen) atoms. The number of carbonyl (C=O) groups excluding carboxylic acids is 2. The van der Waals surface area contributed by atoms with Crippen LogP contribution in [0, 0.1) is 11.7 Å². The van der Waals surface area contributed by atoms with E-state index < -0.39 is 0 Å². The van der Waals surface area contributed by atoms with Crippen LogP contribution in [0.3, 0.4) is 0 Å². The largest absolute Gasteiger partial charge is 0.492 e. The van der Waals surface area contributed by atoms with Gasteiger partial charge in [0.2, 0.25) is 5.91 Å². The molecule has 0 bridgehead atoms. The molecule has 1 heterocycles. The molecule has 0 unspecified atom stereocenters. The Morgan fingerprint density at radius 3 is 2.41 bits per heavy atom. The Morgan fingerprint density at radius 2 is 1.78 bits per heavy atom. The molecule has 6 heteroatoms. The van der Waals surface area contributed by atoms with E-state index in [0.29, 0.717) is 24.5 Å². The van der Waals surface area contributed by atoms with Crippen LogP contribution < -0.4 is 15.0 Å². The predicted octanol–water partition coefficient (Wildman–Crippen LogP) is 3.05. The number of rotatable bonds is 7. The second kappa shape index (κ2) is 9.16. The number of nitrogens with one attached hydrogen (secondary N) is 1. The van der Waals surface area contributed by atoms with Gasteiger partial charge in [0.25, 0.3) is 0 Å². The quantitative estimate of drug-likeness (QED) is 0.601. The smallest absolute Gasteiger partial charge is 0.223 e. The number of hydrogen-bond donors (Lipinski definition) is 1. The molecule has 1 N–H and O–H groups in total. The van der Waals surface area contributed by atoms with Gasteiger partial charge < -0.3 is 15.0 Å². The summed E-state index contributed by atoms with van der Waals surface area (Å²) in [5.41, 5.74) is 1.74. The maximum atomic E-state index is 12.8. The Balaban J connectivity index is 1.37. The van der Waals surface area contributed by atoms with Crippen molar-refractivity contribution in [2.75, 3.05) is 31.1 Å². The van der Waals surface area contributed by atoms with E-state index >= 15 is 0 Å². The molecule has 5 nitrogen and oxygen atoms in total. The van der Waals surface area contributed by atoms with Crippen molar-refractivity contribution in [2.45, 2.75) is 12.8 Å². The fourth-order valence-electron chi connectivity index (χ4n) is 3.18. The lowest BCUT2D eigenvalue weighted by molar-refractivity contribution is -0.125. The summed E-state index contributed by atoms with van der Waals surface area (Å²) in [6.07, 6.45) is 2.42. The summed E-state index contributed by atoms with van der Waals surface area (Å²) in [5, 5.41) is 2.91. The summed E-state index contributed by atoms with van der Waals surface area (Å²) in [6.45, 7) is 2.39. The first-order valence-corrected chi connectivity index (χ1v) is 9.12. The van der Waals surface area contributed by atoms with Gasteiger partial charge in [0.05, 0.1) is 6.54 Å². The van der Waals surface area contributed by atoms with Crippen LogP contribution in [0.1, 0.15) is 23.2 Å². The minimum Gasteiger partial charge on any atom is -0.492 e. The summed E-state index contributed by atoms with van der Waals surface area (Å²) < 4.78 is 18.3. The van der Waals surface area contributed by atoms with Gasteiger partial charge in [0.1, 0.15) is 24.5 Å². The minimum absolute atomic E-state index is 0.00122. The highest BCUT2D eigenvalue weighted by Gasteiger charge is 2.24. The zero-order valence-electron chi connectivity index (χ0n) is 15.1. The Labute approximate surface area is 158 Å². The third kappa shape index (κ3) is 5.29. The van der Waals surface area contributed by atoms with Gasteiger partial charge in [-0.15, -0.1) is 0 Å². The average Bonchev–Trinajstić information content (AvgIpc) is 2.72. The average molecular weight is 370 g/mol. The normalized spacial score (nSPS) is 14.6. The summed E-state index contributed by atoms with van der Waals surface area (Å²) in [4.78, 5) is 25.3. The third-order valence-electron chi connectivity index (χ3n) is 4.74. The van der Waals surface area contributed by atoms with Gasteiger partial charge in [0, 0.05) is 30.3 Å². The number of nitrogens with zero attached hydrogens (tertiary/aromatic N) is 1. The van der Waals surface area contributed by atoms with Gasteiger partial charge >= 0.3 is 0 Å². The summed E-state index contributed by atoms with van der Waals surface area (Å²) in [5.74, 6) is 0.330. The molecular weight excluding hydrogens is 347 g/mol. The number of anilines is 1. The van der Waals surface area contributed by atoms with Crippen LogP contribution in [0.15, 0.2) is 48.5 Å². The number of benzene rings is 2. The van der Waals surface area contributed by atoms with Gasteiger partial charge in [-0.1, -0.05) is 0 Å². The second-order valence-electron chi connectivity index (χ2n) is 6.56. The van der Waals surface area contributed by atoms with Crippen molar-refractivity contribution in [3.8, 4) is 5.75 Å². The summed E-state index contributed by atoms with van der Waals surface area (Å²) in [7, 11) is 0. The van der Waals surface area contributed by atoms with Crippen molar-refractivity contribution in [1.82, 2.24) is 5.32 Å². The van der Waals surface area contributed by atoms with Crippen LogP contribution in [-0.4, -0.2) is 38.4 Å². The first-order valence-electron chi connectivity index (χ1n) is 9.12. The summed E-state index contributed by atoms with van der Waals surface area (Å²) in [6, 6.07) is 13.3.